The molecule has 0 aliphatic rings. The van der Waals surface area contributed by atoms with E-state index in [0.29, 0.717) is 0 Å². The number of phenols is 1. The van der Waals surface area contributed by atoms with Crippen LogP contribution in [0.15, 0.2) is 48.7 Å². The number of fused-ring (bicyclic) bond motifs is 3. The number of hydrogen-bond acceptors (Lipinski definition) is 2. The zero-order valence-electron chi connectivity index (χ0n) is 13.9. The van der Waals surface area contributed by atoms with Crippen molar-refractivity contribution in [3.63, 3.8) is 0 Å². The van der Waals surface area contributed by atoms with E-state index >= 15 is 0 Å². The Hall–Kier alpha value is -2.81. The van der Waals surface area contributed by atoms with E-state index in [4.69, 9.17) is 4.98 Å². The Labute approximate surface area is 141 Å². The summed E-state index contributed by atoms with van der Waals surface area (Å²) in [5.74, 6) is 0.279. The molecule has 4 rings (SSSR count). The van der Waals surface area contributed by atoms with Crippen LogP contribution in [-0.2, 0) is 12.8 Å². The van der Waals surface area contributed by atoms with Crippen molar-refractivity contribution in [2.75, 3.05) is 0 Å². The van der Waals surface area contributed by atoms with E-state index in [-0.39, 0.29) is 5.75 Å². The van der Waals surface area contributed by atoms with E-state index < -0.39 is 0 Å². The molecule has 0 atom stereocenters. The molecule has 24 heavy (non-hydrogen) atoms. The third-order valence-electron chi connectivity index (χ3n) is 4.75. The summed E-state index contributed by atoms with van der Waals surface area (Å²) in [7, 11) is 0. The lowest BCUT2D eigenvalue weighted by atomic mass is 9.93. The van der Waals surface area contributed by atoms with Crippen LogP contribution >= 0.6 is 0 Å². The zero-order valence-corrected chi connectivity index (χ0v) is 13.9. The summed E-state index contributed by atoms with van der Waals surface area (Å²) in [4.78, 5) is 8.32. The van der Waals surface area contributed by atoms with Crippen molar-refractivity contribution in [3.05, 3.63) is 59.8 Å². The third-order valence-corrected chi connectivity index (χ3v) is 4.75. The molecule has 0 fully saturated rings. The summed E-state index contributed by atoms with van der Waals surface area (Å²) >= 11 is 0. The molecule has 4 aromatic rings. The van der Waals surface area contributed by atoms with Gasteiger partial charge in [0.15, 0.2) is 0 Å². The number of benzene rings is 2. The highest BCUT2D eigenvalue weighted by atomic mass is 16.3. The second-order valence-electron chi connectivity index (χ2n) is 6.07. The number of aromatic amines is 1. The second kappa shape index (κ2) is 5.68. The van der Waals surface area contributed by atoms with Gasteiger partial charge in [-0.3, -0.25) is 0 Å². The fourth-order valence-electron chi connectivity index (χ4n) is 3.61. The number of phenolic OH excluding ortho intramolecular Hbond substituents is 1. The van der Waals surface area contributed by atoms with Crippen LogP contribution in [0.5, 0.6) is 5.75 Å². The van der Waals surface area contributed by atoms with Gasteiger partial charge in [0.2, 0.25) is 0 Å². The first kappa shape index (κ1) is 14.8. The molecule has 0 bridgehead atoms. The minimum atomic E-state index is 0.279. The van der Waals surface area contributed by atoms with Gasteiger partial charge in [0, 0.05) is 28.0 Å². The van der Waals surface area contributed by atoms with Gasteiger partial charge in [-0.25, -0.2) is 4.98 Å². The van der Waals surface area contributed by atoms with Crippen LogP contribution in [0.3, 0.4) is 0 Å². The van der Waals surface area contributed by atoms with Crippen LogP contribution in [0.2, 0.25) is 0 Å². The van der Waals surface area contributed by atoms with Gasteiger partial charge in [-0.15, -0.1) is 0 Å². The van der Waals surface area contributed by atoms with E-state index in [1.165, 1.54) is 16.5 Å². The molecule has 0 radical (unpaired) electrons. The Bertz CT molecular complexity index is 1030. The van der Waals surface area contributed by atoms with Crippen molar-refractivity contribution in [1.82, 2.24) is 9.97 Å². The number of rotatable bonds is 3. The second-order valence-corrected chi connectivity index (χ2v) is 6.07. The van der Waals surface area contributed by atoms with Gasteiger partial charge in [-0.2, -0.15) is 0 Å². The predicted molar refractivity (Wildman–Crippen MR) is 99.5 cm³/mol. The van der Waals surface area contributed by atoms with E-state index in [9.17, 15) is 5.11 Å². The molecule has 2 aromatic heterocycles. The Morgan fingerprint density at radius 3 is 2.33 bits per heavy atom. The molecule has 2 N–H and O–H groups in total. The molecule has 0 spiro atoms. The first-order valence-electron chi connectivity index (χ1n) is 8.43. The maximum atomic E-state index is 9.59. The van der Waals surface area contributed by atoms with Gasteiger partial charge < -0.3 is 10.1 Å². The summed E-state index contributed by atoms with van der Waals surface area (Å²) < 4.78 is 0. The van der Waals surface area contributed by atoms with Gasteiger partial charge in [-0.1, -0.05) is 19.9 Å². The molecule has 0 aliphatic heterocycles. The Kier molecular flexibility index (Phi) is 3.49. The highest BCUT2D eigenvalue weighted by molar-refractivity contribution is 6.06. The summed E-state index contributed by atoms with van der Waals surface area (Å²) in [5.41, 5.74) is 6.90. The molecular formula is C21H20N2O. The number of aromatic hydroxyl groups is 1. The first-order chi connectivity index (χ1) is 11.7. The highest BCUT2D eigenvalue weighted by Gasteiger charge is 2.16. The Balaban J connectivity index is 2.13. The summed E-state index contributed by atoms with van der Waals surface area (Å²) in [6, 6.07) is 13.7. The van der Waals surface area contributed by atoms with E-state index in [1.54, 1.807) is 12.1 Å². The van der Waals surface area contributed by atoms with Crippen molar-refractivity contribution in [2.45, 2.75) is 26.7 Å². The molecule has 3 heteroatoms. The maximum Gasteiger partial charge on any atom is 0.115 e. The molecule has 2 heterocycles. The van der Waals surface area contributed by atoms with E-state index in [2.05, 4.69) is 37.0 Å². The number of nitrogens with one attached hydrogen (secondary N) is 1. The lowest BCUT2D eigenvalue weighted by Crippen LogP contribution is -2.00. The molecule has 0 saturated heterocycles. The predicted octanol–water partition coefficient (Wildman–Crippen LogP) is 5.21. The molecule has 0 amide bonds. The van der Waals surface area contributed by atoms with Crippen LogP contribution in [-0.4, -0.2) is 15.1 Å². The number of aryl methyl sites for hydroxylation is 1. The van der Waals surface area contributed by atoms with Gasteiger partial charge in [0.05, 0.1) is 11.2 Å². The fourth-order valence-corrected chi connectivity index (χ4v) is 3.61. The fraction of sp³-hybridized carbons (Fsp3) is 0.190. The summed E-state index contributed by atoms with van der Waals surface area (Å²) in [6.07, 6.45) is 3.88. The monoisotopic (exact) mass is 316 g/mol. The number of nitrogens with zero attached hydrogens (tertiary/aromatic N) is 1. The quantitative estimate of drug-likeness (QED) is 0.545. The number of hydrogen-bond donors (Lipinski definition) is 2. The summed E-state index contributed by atoms with van der Waals surface area (Å²) in [6.45, 7) is 4.39. The van der Waals surface area contributed by atoms with Gasteiger partial charge >= 0.3 is 0 Å². The molecule has 3 nitrogen and oxygen atoms in total. The number of pyridine rings is 1. The minimum absolute atomic E-state index is 0.279. The number of H-pyrrole nitrogens is 1. The maximum absolute atomic E-state index is 9.59. The first-order valence-corrected chi connectivity index (χ1v) is 8.43. The number of aromatic nitrogens is 2. The average molecular weight is 316 g/mol. The van der Waals surface area contributed by atoms with Crippen LogP contribution in [0.1, 0.15) is 25.0 Å². The standard InChI is InChI=1S/C21H20N2O/c1-3-15-16(4-2)20(13-5-7-14(24)8-6-13)23-21-17(15)9-10-19-18(21)11-12-22-19/h5-12,22,24H,3-4H2,1-2H3. The van der Waals surface area contributed by atoms with Crippen LogP contribution in [0.4, 0.5) is 0 Å². The lowest BCUT2D eigenvalue weighted by molar-refractivity contribution is 0.475. The molecule has 0 unspecified atom stereocenters. The SMILES string of the molecule is CCc1c(-c2ccc(O)cc2)nc2c(ccc3[nH]ccc32)c1CC. The van der Waals surface area contributed by atoms with Crippen molar-refractivity contribution < 1.29 is 5.11 Å². The normalized spacial score (nSPS) is 11.4. The molecule has 120 valence electrons. The topological polar surface area (TPSA) is 48.9 Å². The minimum Gasteiger partial charge on any atom is -0.508 e. The van der Waals surface area contributed by atoms with Crippen molar-refractivity contribution >= 4 is 21.8 Å². The Morgan fingerprint density at radius 1 is 0.875 bits per heavy atom. The Morgan fingerprint density at radius 2 is 1.62 bits per heavy atom. The average Bonchev–Trinajstić information content (AvgIpc) is 3.09. The van der Waals surface area contributed by atoms with Gasteiger partial charge in [-0.05, 0) is 60.4 Å². The molecular weight excluding hydrogens is 296 g/mol. The van der Waals surface area contributed by atoms with Crippen molar-refractivity contribution in [3.8, 4) is 17.0 Å². The van der Waals surface area contributed by atoms with E-state index in [1.807, 2.05) is 18.3 Å². The van der Waals surface area contributed by atoms with Crippen molar-refractivity contribution in [1.29, 1.82) is 0 Å². The smallest absolute Gasteiger partial charge is 0.115 e. The van der Waals surface area contributed by atoms with Gasteiger partial charge in [0.25, 0.3) is 0 Å². The van der Waals surface area contributed by atoms with Gasteiger partial charge in [0.1, 0.15) is 5.75 Å². The van der Waals surface area contributed by atoms with E-state index in [0.717, 1.165) is 40.5 Å². The zero-order chi connectivity index (χ0) is 16.7. The van der Waals surface area contributed by atoms with Crippen LogP contribution < -0.4 is 0 Å². The lowest BCUT2D eigenvalue weighted by Gasteiger charge is -2.16. The van der Waals surface area contributed by atoms with Crippen molar-refractivity contribution in [2.24, 2.45) is 0 Å². The molecule has 0 saturated carbocycles. The van der Waals surface area contributed by atoms with Crippen LogP contribution in [0, 0.1) is 0 Å². The molecule has 0 aliphatic carbocycles. The molecule has 2 aromatic carbocycles. The largest absolute Gasteiger partial charge is 0.508 e. The third kappa shape index (κ3) is 2.16. The highest BCUT2D eigenvalue weighted by Crippen LogP contribution is 2.34. The summed E-state index contributed by atoms with van der Waals surface area (Å²) in [5, 5.41) is 12.0. The van der Waals surface area contributed by atoms with Crippen LogP contribution in [0.25, 0.3) is 33.1 Å².